The van der Waals surface area contributed by atoms with Gasteiger partial charge in [0.25, 0.3) is 11.6 Å². The Balaban J connectivity index is 1.61. The summed E-state index contributed by atoms with van der Waals surface area (Å²) >= 11 is 0. The van der Waals surface area contributed by atoms with Crippen LogP contribution < -0.4 is 10.2 Å². The minimum Gasteiger partial charge on any atom is -0.452 e. The van der Waals surface area contributed by atoms with E-state index in [1.165, 1.54) is 12.1 Å². The third kappa shape index (κ3) is 5.74. The lowest BCUT2D eigenvalue weighted by Crippen LogP contribution is -2.45. The van der Waals surface area contributed by atoms with Gasteiger partial charge in [0.15, 0.2) is 6.61 Å². The van der Waals surface area contributed by atoms with E-state index in [9.17, 15) is 19.7 Å². The van der Waals surface area contributed by atoms with Crippen LogP contribution in [0.4, 0.5) is 11.4 Å². The second kappa shape index (κ2) is 10.1. The molecule has 31 heavy (non-hydrogen) atoms. The average Bonchev–Trinajstić information content (AvgIpc) is 2.74. The lowest BCUT2D eigenvalue weighted by Gasteiger charge is -2.34. The third-order valence-electron chi connectivity index (χ3n) is 6.79. The summed E-state index contributed by atoms with van der Waals surface area (Å²) in [6.07, 6.45) is 5.24. The summed E-state index contributed by atoms with van der Waals surface area (Å²) in [6.45, 7) is 7.56. The van der Waals surface area contributed by atoms with Crippen molar-refractivity contribution in [1.29, 1.82) is 0 Å². The number of hydrogen-bond acceptors (Lipinski definition) is 6. The normalized spacial score (nSPS) is 26.2. The molecule has 0 radical (unpaired) electrons. The predicted molar refractivity (Wildman–Crippen MR) is 118 cm³/mol. The molecule has 2 fully saturated rings. The number of anilines is 1. The molecule has 4 unspecified atom stereocenters. The number of hydrogen-bond donors (Lipinski definition) is 1. The molecule has 4 atom stereocenters. The second-order valence-electron chi connectivity index (χ2n) is 9.17. The summed E-state index contributed by atoms with van der Waals surface area (Å²) in [5.41, 5.74) is 0.484. The monoisotopic (exact) mass is 431 g/mol. The molecule has 2 aliphatic rings. The first-order valence-electron chi connectivity index (χ1n) is 11.3. The lowest BCUT2D eigenvalue weighted by molar-refractivity contribution is -0.384. The molecular weight excluding hydrogens is 398 g/mol. The molecule has 0 spiro atoms. The van der Waals surface area contributed by atoms with Crippen molar-refractivity contribution in [2.75, 3.05) is 24.6 Å². The summed E-state index contributed by atoms with van der Waals surface area (Å²) in [4.78, 5) is 37.9. The van der Waals surface area contributed by atoms with Gasteiger partial charge in [-0.1, -0.05) is 33.6 Å². The number of nitro benzene ring substituents is 1. The molecule has 3 rings (SSSR count). The van der Waals surface area contributed by atoms with Crippen molar-refractivity contribution in [2.24, 2.45) is 17.8 Å². The highest BCUT2D eigenvalue weighted by atomic mass is 16.6. The summed E-state index contributed by atoms with van der Waals surface area (Å²) in [7, 11) is 0. The zero-order valence-electron chi connectivity index (χ0n) is 18.6. The van der Waals surface area contributed by atoms with Crippen molar-refractivity contribution in [3.8, 4) is 0 Å². The summed E-state index contributed by atoms with van der Waals surface area (Å²) in [6, 6.07) is 4.48. The molecule has 1 aromatic carbocycles. The SMILES string of the molecule is CC1CCCN(c2ccc(C(=O)OCC(=O)NC3CCCC(C)C3C)cc2[N+](=O)[O-])C1. The Kier molecular flexibility index (Phi) is 7.51. The summed E-state index contributed by atoms with van der Waals surface area (Å²) in [5.74, 6) is 0.311. The van der Waals surface area contributed by atoms with Crippen molar-refractivity contribution >= 4 is 23.3 Å². The second-order valence-corrected chi connectivity index (χ2v) is 9.17. The highest BCUT2D eigenvalue weighted by Crippen LogP contribution is 2.33. The zero-order valence-corrected chi connectivity index (χ0v) is 18.6. The number of nitrogens with one attached hydrogen (secondary N) is 1. The van der Waals surface area contributed by atoms with Gasteiger partial charge in [0.1, 0.15) is 5.69 Å². The van der Waals surface area contributed by atoms with Gasteiger partial charge in [0, 0.05) is 25.2 Å². The van der Waals surface area contributed by atoms with Gasteiger partial charge < -0.3 is 15.0 Å². The van der Waals surface area contributed by atoms with E-state index in [0.717, 1.165) is 45.2 Å². The number of carbonyl (C=O) groups excluding carboxylic acids is 2. The molecule has 1 aliphatic heterocycles. The maximum Gasteiger partial charge on any atom is 0.338 e. The maximum atomic E-state index is 12.4. The molecule has 1 aromatic rings. The molecule has 0 bridgehead atoms. The highest BCUT2D eigenvalue weighted by molar-refractivity contribution is 5.93. The topological polar surface area (TPSA) is 102 Å². The Bertz CT molecular complexity index is 827. The van der Waals surface area contributed by atoms with Gasteiger partial charge in [0.2, 0.25) is 0 Å². The Morgan fingerprint density at radius 2 is 1.97 bits per heavy atom. The van der Waals surface area contributed by atoms with Crippen molar-refractivity contribution in [2.45, 2.75) is 58.9 Å². The maximum absolute atomic E-state index is 12.4. The molecule has 1 N–H and O–H groups in total. The van der Waals surface area contributed by atoms with E-state index < -0.39 is 17.5 Å². The molecule has 1 saturated carbocycles. The first-order valence-corrected chi connectivity index (χ1v) is 11.3. The number of nitro groups is 1. The molecule has 1 aliphatic carbocycles. The van der Waals surface area contributed by atoms with Gasteiger partial charge in [-0.2, -0.15) is 0 Å². The van der Waals surface area contributed by atoms with Crippen LogP contribution in [0.2, 0.25) is 0 Å². The van der Waals surface area contributed by atoms with E-state index in [1.54, 1.807) is 6.07 Å². The van der Waals surface area contributed by atoms with Crippen molar-refractivity contribution < 1.29 is 19.2 Å². The van der Waals surface area contributed by atoms with E-state index in [-0.39, 0.29) is 23.2 Å². The minimum absolute atomic E-state index is 0.0768. The van der Waals surface area contributed by atoms with Crippen molar-refractivity contribution in [3.63, 3.8) is 0 Å². The van der Waals surface area contributed by atoms with E-state index >= 15 is 0 Å². The largest absolute Gasteiger partial charge is 0.452 e. The number of rotatable bonds is 6. The Hall–Kier alpha value is -2.64. The summed E-state index contributed by atoms with van der Waals surface area (Å²) in [5, 5.41) is 14.6. The van der Waals surface area contributed by atoms with Gasteiger partial charge in [-0.25, -0.2) is 4.79 Å². The van der Waals surface area contributed by atoms with Crippen LogP contribution in [0.15, 0.2) is 18.2 Å². The number of ether oxygens (including phenoxy) is 1. The summed E-state index contributed by atoms with van der Waals surface area (Å²) < 4.78 is 5.14. The number of benzene rings is 1. The standard InChI is InChI=1S/C23H33N3O5/c1-15-6-5-11-25(13-15)20-10-9-18(12-21(20)26(29)30)23(28)31-14-22(27)24-19-8-4-7-16(2)17(19)3/h9-10,12,15-17,19H,4-8,11,13-14H2,1-3H3,(H,24,27). The molecule has 8 nitrogen and oxygen atoms in total. The first kappa shape index (κ1) is 23.0. The van der Waals surface area contributed by atoms with E-state index in [4.69, 9.17) is 4.74 Å². The first-order chi connectivity index (χ1) is 14.8. The van der Waals surface area contributed by atoms with Crippen LogP contribution in [0.25, 0.3) is 0 Å². The molecule has 170 valence electrons. The van der Waals surface area contributed by atoms with E-state index in [0.29, 0.717) is 23.4 Å². The predicted octanol–water partition coefficient (Wildman–Crippen LogP) is 3.93. The molecular formula is C23H33N3O5. The fourth-order valence-corrected chi connectivity index (χ4v) is 4.72. The number of piperidine rings is 1. The minimum atomic E-state index is -0.734. The van der Waals surface area contributed by atoms with Crippen LogP contribution in [0.5, 0.6) is 0 Å². The number of esters is 1. The highest BCUT2D eigenvalue weighted by Gasteiger charge is 2.29. The quantitative estimate of drug-likeness (QED) is 0.416. The van der Waals surface area contributed by atoms with Gasteiger partial charge in [-0.3, -0.25) is 14.9 Å². The fraction of sp³-hybridized carbons (Fsp3) is 0.652. The van der Waals surface area contributed by atoms with Crippen LogP contribution >= 0.6 is 0 Å². The van der Waals surface area contributed by atoms with E-state index in [2.05, 4.69) is 26.1 Å². The van der Waals surface area contributed by atoms with Crippen LogP contribution in [0, 0.1) is 27.9 Å². The Morgan fingerprint density at radius 3 is 2.68 bits per heavy atom. The van der Waals surface area contributed by atoms with Gasteiger partial charge >= 0.3 is 5.97 Å². The van der Waals surface area contributed by atoms with Crippen LogP contribution in [0.3, 0.4) is 0 Å². The smallest absolute Gasteiger partial charge is 0.338 e. The molecule has 8 heteroatoms. The average molecular weight is 432 g/mol. The van der Waals surface area contributed by atoms with Crippen LogP contribution in [-0.2, 0) is 9.53 Å². The van der Waals surface area contributed by atoms with Gasteiger partial charge in [0.05, 0.1) is 10.5 Å². The van der Waals surface area contributed by atoms with Crippen molar-refractivity contribution in [1.82, 2.24) is 5.32 Å². The van der Waals surface area contributed by atoms with Gasteiger partial charge in [-0.15, -0.1) is 0 Å². The van der Waals surface area contributed by atoms with Gasteiger partial charge in [-0.05, 0) is 49.1 Å². The molecule has 0 aromatic heterocycles. The van der Waals surface area contributed by atoms with Crippen molar-refractivity contribution in [3.05, 3.63) is 33.9 Å². The molecule has 1 amide bonds. The number of carbonyl (C=O) groups is 2. The van der Waals surface area contributed by atoms with Crippen LogP contribution in [0.1, 0.15) is 63.2 Å². The molecule has 1 saturated heterocycles. The zero-order chi connectivity index (χ0) is 22.5. The third-order valence-corrected chi connectivity index (χ3v) is 6.79. The number of nitrogens with zero attached hydrogens (tertiary/aromatic N) is 2. The fourth-order valence-electron chi connectivity index (χ4n) is 4.72. The molecule has 1 heterocycles. The van der Waals surface area contributed by atoms with Crippen LogP contribution in [-0.4, -0.2) is 42.5 Å². The van der Waals surface area contributed by atoms with E-state index in [1.807, 2.05) is 4.90 Å². The number of amides is 1. The Labute approximate surface area is 183 Å². The Morgan fingerprint density at radius 1 is 1.19 bits per heavy atom. The lowest BCUT2D eigenvalue weighted by atomic mass is 9.78.